The van der Waals surface area contributed by atoms with E-state index in [1.54, 1.807) is 13.8 Å². The third kappa shape index (κ3) is 1.91. The number of hydrogen-bond acceptors (Lipinski definition) is 4. The van der Waals surface area contributed by atoms with Crippen molar-refractivity contribution in [2.45, 2.75) is 20.8 Å². The van der Waals surface area contributed by atoms with E-state index in [9.17, 15) is 4.79 Å². The lowest BCUT2D eigenvalue weighted by molar-refractivity contribution is -0.125. The summed E-state index contributed by atoms with van der Waals surface area (Å²) in [5.74, 6) is -0.348. The van der Waals surface area contributed by atoms with E-state index in [0.29, 0.717) is 10.6 Å². The third-order valence-corrected chi connectivity index (χ3v) is 3.51. The fourth-order valence-corrected chi connectivity index (χ4v) is 2.59. The van der Waals surface area contributed by atoms with Crippen molar-refractivity contribution in [2.75, 3.05) is 5.75 Å². The molecule has 1 amide bonds. The summed E-state index contributed by atoms with van der Waals surface area (Å²) >= 11 is 1.42. The van der Waals surface area contributed by atoms with Gasteiger partial charge in [-0.05, 0) is 5.75 Å². The zero-order valence-electron chi connectivity index (χ0n) is 9.50. The molecule has 0 aromatic heterocycles. The van der Waals surface area contributed by atoms with Crippen LogP contribution in [0, 0.1) is 34.0 Å². The summed E-state index contributed by atoms with van der Waals surface area (Å²) < 4.78 is 0. The lowest BCUT2D eigenvalue weighted by Gasteiger charge is -2.34. The Morgan fingerprint density at radius 2 is 2.12 bits per heavy atom. The van der Waals surface area contributed by atoms with Crippen molar-refractivity contribution in [3.05, 3.63) is 10.6 Å². The van der Waals surface area contributed by atoms with Gasteiger partial charge >= 0.3 is 0 Å². The van der Waals surface area contributed by atoms with E-state index in [-0.39, 0.29) is 5.91 Å². The zero-order chi connectivity index (χ0) is 12.3. The molecule has 1 N–H and O–H groups in total. The number of carbonyl (C=O) groups excluding carboxylic acids is 1. The third-order valence-electron chi connectivity index (χ3n) is 2.62. The molecule has 1 aliphatic heterocycles. The standard InChI is InChI=1S/C11H13N3OS/c1-4-16-10-8(6-13)11(2,3)7(5-12)9(15)14-10/h7H,4H2,1-3H3,(H,14,15)/t7-/m0/s1. The molecule has 0 aliphatic carbocycles. The van der Waals surface area contributed by atoms with Gasteiger partial charge in [0.25, 0.3) is 0 Å². The Kier molecular flexibility index (Phi) is 3.62. The molecule has 0 fully saturated rings. The number of nitriles is 2. The summed E-state index contributed by atoms with van der Waals surface area (Å²) in [4.78, 5) is 11.7. The van der Waals surface area contributed by atoms with E-state index in [1.165, 1.54) is 11.8 Å². The van der Waals surface area contributed by atoms with Crippen molar-refractivity contribution in [1.29, 1.82) is 10.5 Å². The number of amides is 1. The monoisotopic (exact) mass is 235 g/mol. The molecule has 0 radical (unpaired) electrons. The maximum Gasteiger partial charge on any atom is 0.243 e. The molecule has 16 heavy (non-hydrogen) atoms. The van der Waals surface area contributed by atoms with E-state index in [1.807, 2.05) is 13.0 Å². The van der Waals surface area contributed by atoms with Gasteiger partial charge in [0.1, 0.15) is 5.92 Å². The average molecular weight is 235 g/mol. The van der Waals surface area contributed by atoms with E-state index in [0.717, 1.165) is 5.75 Å². The molecule has 84 valence electrons. The van der Waals surface area contributed by atoms with Crippen LogP contribution in [0.25, 0.3) is 0 Å². The minimum atomic E-state index is -0.802. The SMILES string of the molecule is CCSC1=C(C#N)C(C)(C)[C@@H](C#N)C(=O)N1. The highest BCUT2D eigenvalue weighted by Gasteiger charge is 2.44. The maximum atomic E-state index is 11.7. The second kappa shape index (κ2) is 4.59. The molecular weight excluding hydrogens is 222 g/mol. The van der Waals surface area contributed by atoms with Crippen LogP contribution in [0.1, 0.15) is 20.8 Å². The molecule has 1 atom stereocenters. The van der Waals surface area contributed by atoms with Gasteiger partial charge in [0.2, 0.25) is 5.91 Å². The molecule has 0 saturated heterocycles. The average Bonchev–Trinajstić information content (AvgIpc) is 2.17. The smallest absolute Gasteiger partial charge is 0.243 e. The van der Waals surface area contributed by atoms with Gasteiger partial charge in [-0.2, -0.15) is 10.5 Å². The van der Waals surface area contributed by atoms with Gasteiger partial charge in [0.15, 0.2) is 0 Å². The fourth-order valence-electron chi connectivity index (χ4n) is 1.68. The van der Waals surface area contributed by atoms with Crippen LogP contribution in [0.2, 0.25) is 0 Å². The topological polar surface area (TPSA) is 76.7 Å². The summed E-state index contributed by atoms with van der Waals surface area (Å²) in [5, 5.41) is 21.3. The Balaban J connectivity index is 3.29. The van der Waals surface area contributed by atoms with Gasteiger partial charge in [0.05, 0.1) is 22.7 Å². The summed E-state index contributed by atoms with van der Waals surface area (Å²) in [6, 6.07) is 4.07. The van der Waals surface area contributed by atoms with Crippen molar-refractivity contribution >= 4 is 17.7 Å². The van der Waals surface area contributed by atoms with Crippen molar-refractivity contribution in [1.82, 2.24) is 5.32 Å². The molecule has 4 nitrogen and oxygen atoms in total. The minimum Gasteiger partial charge on any atom is -0.319 e. The minimum absolute atomic E-state index is 0.317. The first-order chi connectivity index (χ1) is 7.48. The highest BCUT2D eigenvalue weighted by Crippen LogP contribution is 2.41. The van der Waals surface area contributed by atoms with Crippen LogP contribution in [0.4, 0.5) is 0 Å². The molecule has 0 unspecified atom stereocenters. The number of rotatable bonds is 2. The zero-order valence-corrected chi connectivity index (χ0v) is 10.3. The van der Waals surface area contributed by atoms with Crippen molar-refractivity contribution in [3.8, 4) is 12.1 Å². The molecule has 0 aromatic rings. The van der Waals surface area contributed by atoms with Gasteiger partial charge in [-0.25, -0.2) is 0 Å². The highest BCUT2D eigenvalue weighted by atomic mass is 32.2. The van der Waals surface area contributed by atoms with Crippen molar-refractivity contribution < 1.29 is 4.79 Å². The second-order valence-corrected chi connectivity index (χ2v) is 5.30. The van der Waals surface area contributed by atoms with Gasteiger partial charge < -0.3 is 5.32 Å². The lowest BCUT2D eigenvalue weighted by atomic mass is 9.72. The predicted molar refractivity (Wildman–Crippen MR) is 61.8 cm³/mol. The van der Waals surface area contributed by atoms with Crippen molar-refractivity contribution in [3.63, 3.8) is 0 Å². The van der Waals surface area contributed by atoms with Crippen LogP contribution in [-0.2, 0) is 4.79 Å². The summed E-state index contributed by atoms with van der Waals surface area (Å²) in [5.41, 5.74) is -0.228. The van der Waals surface area contributed by atoms with Gasteiger partial charge in [-0.3, -0.25) is 4.79 Å². The number of hydrogen-bond donors (Lipinski definition) is 1. The van der Waals surface area contributed by atoms with E-state index < -0.39 is 11.3 Å². The summed E-state index contributed by atoms with van der Waals surface area (Å²) in [6.45, 7) is 5.46. The van der Waals surface area contributed by atoms with E-state index in [2.05, 4.69) is 11.4 Å². The molecule has 0 aromatic carbocycles. The predicted octanol–water partition coefficient (Wildman–Crippen LogP) is 1.77. The van der Waals surface area contributed by atoms with Crippen LogP contribution in [-0.4, -0.2) is 11.7 Å². The van der Waals surface area contributed by atoms with Crippen LogP contribution in [0.5, 0.6) is 0 Å². The van der Waals surface area contributed by atoms with Gasteiger partial charge in [-0.1, -0.05) is 20.8 Å². The lowest BCUT2D eigenvalue weighted by Crippen LogP contribution is -2.44. The van der Waals surface area contributed by atoms with Crippen LogP contribution >= 0.6 is 11.8 Å². The number of carbonyl (C=O) groups is 1. The van der Waals surface area contributed by atoms with Gasteiger partial charge in [0, 0.05) is 5.41 Å². The molecule has 0 saturated carbocycles. The Bertz CT molecular complexity index is 425. The first kappa shape index (κ1) is 12.6. The molecular formula is C11H13N3OS. The number of allylic oxidation sites excluding steroid dienone is 1. The Hall–Kier alpha value is -1.46. The molecule has 0 bridgehead atoms. The Morgan fingerprint density at radius 1 is 1.50 bits per heavy atom. The van der Waals surface area contributed by atoms with E-state index in [4.69, 9.17) is 10.5 Å². The molecule has 1 rings (SSSR count). The second-order valence-electron chi connectivity index (χ2n) is 4.02. The molecule has 1 heterocycles. The Morgan fingerprint density at radius 3 is 2.56 bits per heavy atom. The normalized spacial score (nSPS) is 23.3. The number of nitrogens with zero attached hydrogens (tertiary/aromatic N) is 2. The molecule has 5 heteroatoms. The Labute approximate surface area is 99.3 Å². The first-order valence-corrected chi connectivity index (χ1v) is 5.95. The number of nitrogens with one attached hydrogen (secondary N) is 1. The van der Waals surface area contributed by atoms with Gasteiger partial charge in [-0.15, -0.1) is 11.8 Å². The molecule has 1 aliphatic rings. The van der Waals surface area contributed by atoms with Crippen LogP contribution < -0.4 is 5.32 Å². The van der Waals surface area contributed by atoms with E-state index >= 15 is 0 Å². The summed E-state index contributed by atoms with van der Waals surface area (Å²) in [7, 11) is 0. The quantitative estimate of drug-likeness (QED) is 0.791. The largest absolute Gasteiger partial charge is 0.319 e. The maximum absolute atomic E-state index is 11.7. The number of thioether (sulfide) groups is 1. The first-order valence-electron chi connectivity index (χ1n) is 4.97. The molecule has 0 spiro atoms. The fraction of sp³-hybridized carbons (Fsp3) is 0.545. The highest BCUT2D eigenvalue weighted by molar-refractivity contribution is 8.03. The van der Waals surface area contributed by atoms with Crippen molar-refractivity contribution in [2.24, 2.45) is 11.3 Å². The van der Waals surface area contributed by atoms with Crippen LogP contribution in [0.15, 0.2) is 10.6 Å². The van der Waals surface area contributed by atoms with Crippen LogP contribution in [0.3, 0.4) is 0 Å². The summed E-state index contributed by atoms with van der Waals surface area (Å²) in [6.07, 6.45) is 0.